The summed E-state index contributed by atoms with van der Waals surface area (Å²) in [6, 6.07) is 6.91. The molecule has 1 aromatic carbocycles. The van der Waals surface area contributed by atoms with Crippen LogP contribution in [0.2, 0.25) is 10.0 Å². The van der Waals surface area contributed by atoms with E-state index >= 15 is 0 Å². The smallest absolute Gasteiger partial charge is 0.307 e. The van der Waals surface area contributed by atoms with E-state index in [0.29, 0.717) is 26.9 Å². The molecule has 0 fully saturated rings. The van der Waals surface area contributed by atoms with E-state index in [1.807, 2.05) is 6.92 Å². The minimum Gasteiger partial charge on any atom is -0.481 e. The maximum atomic E-state index is 10.8. The number of rotatable bonds is 3. The molecule has 0 saturated heterocycles. The van der Waals surface area contributed by atoms with E-state index in [0.717, 1.165) is 5.56 Å². The molecule has 2 aromatic rings. The van der Waals surface area contributed by atoms with Crippen molar-refractivity contribution in [3.63, 3.8) is 0 Å². The van der Waals surface area contributed by atoms with Gasteiger partial charge in [0, 0.05) is 11.8 Å². The predicted octanol–water partition coefficient (Wildman–Crippen LogP) is 3.99. The largest absolute Gasteiger partial charge is 0.481 e. The molecule has 0 aliphatic heterocycles. The third-order valence-corrected chi connectivity index (χ3v) is 3.49. The predicted molar refractivity (Wildman–Crippen MR) is 75.8 cm³/mol. The Morgan fingerprint density at radius 2 is 1.89 bits per heavy atom. The summed E-state index contributed by atoms with van der Waals surface area (Å²) in [6.07, 6.45) is 1.52. The molecule has 0 amide bonds. The number of benzene rings is 1. The lowest BCUT2D eigenvalue weighted by Crippen LogP contribution is -2.04. The Hall–Kier alpha value is -1.58. The molecular formula is C14H11Cl2NO2. The highest BCUT2D eigenvalue weighted by atomic mass is 35.5. The van der Waals surface area contributed by atoms with Gasteiger partial charge in [-0.05, 0) is 36.2 Å². The second kappa shape index (κ2) is 5.59. The maximum Gasteiger partial charge on any atom is 0.307 e. The number of carboxylic acid groups (broad SMARTS) is 1. The Morgan fingerprint density at radius 1 is 1.26 bits per heavy atom. The van der Waals surface area contributed by atoms with Crippen LogP contribution in [0.4, 0.5) is 0 Å². The van der Waals surface area contributed by atoms with Crippen LogP contribution in [0, 0.1) is 6.92 Å². The molecule has 0 aliphatic carbocycles. The summed E-state index contributed by atoms with van der Waals surface area (Å²) in [4.78, 5) is 15.1. The minimum absolute atomic E-state index is 0.0522. The molecule has 0 bridgehead atoms. The lowest BCUT2D eigenvalue weighted by molar-refractivity contribution is -0.136. The topological polar surface area (TPSA) is 50.2 Å². The van der Waals surface area contributed by atoms with Crippen molar-refractivity contribution in [2.24, 2.45) is 0 Å². The van der Waals surface area contributed by atoms with Crippen LogP contribution in [-0.2, 0) is 11.2 Å². The Labute approximate surface area is 120 Å². The van der Waals surface area contributed by atoms with Crippen LogP contribution >= 0.6 is 23.2 Å². The van der Waals surface area contributed by atoms with Gasteiger partial charge in [0.15, 0.2) is 0 Å². The van der Waals surface area contributed by atoms with Gasteiger partial charge in [0.2, 0.25) is 0 Å². The Morgan fingerprint density at radius 3 is 2.47 bits per heavy atom. The van der Waals surface area contributed by atoms with E-state index in [1.165, 1.54) is 0 Å². The van der Waals surface area contributed by atoms with Crippen molar-refractivity contribution in [3.8, 4) is 11.3 Å². The van der Waals surface area contributed by atoms with Crippen LogP contribution in [0.25, 0.3) is 11.3 Å². The third kappa shape index (κ3) is 2.88. The molecule has 0 atom stereocenters. The van der Waals surface area contributed by atoms with E-state index in [1.54, 1.807) is 30.5 Å². The zero-order valence-electron chi connectivity index (χ0n) is 10.2. The van der Waals surface area contributed by atoms with Crippen molar-refractivity contribution >= 4 is 29.2 Å². The Bertz CT molecular complexity index is 621. The van der Waals surface area contributed by atoms with Gasteiger partial charge in [-0.2, -0.15) is 0 Å². The molecular weight excluding hydrogens is 285 g/mol. The molecule has 19 heavy (non-hydrogen) atoms. The van der Waals surface area contributed by atoms with Gasteiger partial charge in [-0.1, -0.05) is 29.3 Å². The monoisotopic (exact) mass is 295 g/mol. The molecule has 1 heterocycles. The molecule has 0 radical (unpaired) electrons. The molecule has 98 valence electrons. The molecule has 0 saturated carbocycles. The summed E-state index contributed by atoms with van der Waals surface area (Å²) < 4.78 is 0. The molecule has 3 nitrogen and oxygen atoms in total. The van der Waals surface area contributed by atoms with Gasteiger partial charge in [-0.3, -0.25) is 9.78 Å². The zero-order chi connectivity index (χ0) is 14.0. The van der Waals surface area contributed by atoms with E-state index in [-0.39, 0.29) is 6.42 Å². The lowest BCUT2D eigenvalue weighted by Gasteiger charge is -2.11. The fourth-order valence-corrected chi connectivity index (χ4v) is 2.48. The SMILES string of the molecule is Cc1c(CC(=O)O)ccnc1-c1c(Cl)cccc1Cl. The standard InChI is InChI=1S/C14H11Cl2NO2/c1-8-9(7-12(18)19)5-6-17-14(8)13-10(15)3-2-4-11(13)16/h2-6H,7H2,1H3,(H,18,19). The van der Waals surface area contributed by atoms with Crippen molar-refractivity contribution < 1.29 is 9.90 Å². The molecule has 1 N–H and O–H groups in total. The first kappa shape index (κ1) is 13.8. The molecule has 0 aliphatic rings. The molecule has 0 spiro atoms. The summed E-state index contributed by atoms with van der Waals surface area (Å²) in [7, 11) is 0. The third-order valence-electron chi connectivity index (χ3n) is 2.86. The van der Waals surface area contributed by atoms with Gasteiger partial charge in [0.1, 0.15) is 0 Å². The number of hydrogen-bond donors (Lipinski definition) is 1. The van der Waals surface area contributed by atoms with Gasteiger partial charge in [-0.15, -0.1) is 0 Å². The highest BCUT2D eigenvalue weighted by molar-refractivity contribution is 6.39. The molecule has 1 aromatic heterocycles. The summed E-state index contributed by atoms with van der Waals surface area (Å²) in [5.41, 5.74) is 2.73. The molecule has 2 rings (SSSR count). The van der Waals surface area contributed by atoms with Crippen LogP contribution in [-0.4, -0.2) is 16.1 Å². The second-order valence-corrected chi connectivity index (χ2v) is 4.93. The van der Waals surface area contributed by atoms with Gasteiger partial charge in [-0.25, -0.2) is 0 Å². The fraction of sp³-hybridized carbons (Fsp3) is 0.143. The fourth-order valence-electron chi connectivity index (χ4n) is 1.91. The molecule has 0 unspecified atom stereocenters. The Balaban J connectivity index is 2.60. The number of hydrogen-bond acceptors (Lipinski definition) is 2. The average Bonchev–Trinajstić information content (AvgIpc) is 2.33. The Kier molecular flexibility index (Phi) is 4.08. The number of halogens is 2. The zero-order valence-corrected chi connectivity index (χ0v) is 11.7. The van der Waals surface area contributed by atoms with Crippen LogP contribution in [0.5, 0.6) is 0 Å². The van der Waals surface area contributed by atoms with Gasteiger partial charge in [0.05, 0.1) is 22.2 Å². The van der Waals surface area contributed by atoms with E-state index in [2.05, 4.69) is 4.98 Å². The number of aromatic nitrogens is 1. The normalized spacial score (nSPS) is 10.5. The second-order valence-electron chi connectivity index (χ2n) is 4.11. The highest BCUT2D eigenvalue weighted by Gasteiger charge is 2.15. The summed E-state index contributed by atoms with van der Waals surface area (Å²) in [5, 5.41) is 9.88. The van der Waals surface area contributed by atoms with Crippen molar-refractivity contribution in [3.05, 3.63) is 51.6 Å². The van der Waals surface area contributed by atoms with Gasteiger partial charge in [0.25, 0.3) is 0 Å². The number of nitrogens with zero attached hydrogens (tertiary/aromatic N) is 1. The minimum atomic E-state index is -0.884. The quantitative estimate of drug-likeness (QED) is 0.931. The first-order valence-electron chi connectivity index (χ1n) is 5.61. The number of pyridine rings is 1. The first-order chi connectivity index (χ1) is 9.00. The molecule has 5 heteroatoms. The van der Waals surface area contributed by atoms with E-state index in [9.17, 15) is 4.79 Å². The lowest BCUT2D eigenvalue weighted by atomic mass is 10.0. The van der Waals surface area contributed by atoms with E-state index in [4.69, 9.17) is 28.3 Å². The van der Waals surface area contributed by atoms with Crippen LogP contribution < -0.4 is 0 Å². The highest BCUT2D eigenvalue weighted by Crippen LogP contribution is 2.35. The summed E-state index contributed by atoms with van der Waals surface area (Å²) in [6.45, 7) is 1.82. The van der Waals surface area contributed by atoms with Gasteiger partial charge < -0.3 is 5.11 Å². The number of aliphatic carboxylic acids is 1. The van der Waals surface area contributed by atoms with Crippen LogP contribution in [0.3, 0.4) is 0 Å². The van der Waals surface area contributed by atoms with Crippen molar-refractivity contribution in [2.75, 3.05) is 0 Å². The van der Waals surface area contributed by atoms with Crippen LogP contribution in [0.1, 0.15) is 11.1 Å². The number of carboxylic acids is 1. The van der Waals surface area contributed by atoms with Crippen molar-refractivity contribution in [1.82, 2.24) is 4.98 Å². The number of carbonyl (C=O) groups is 1. The van der Waals surface area contributed by atoms with Gasteiger partial charge >= 0.3 is 5.97 Å². The summed E-state index contributed by atoms with van der Waals surface area (Å²) in [5.74, 6) is -0.884. The van der Waals surface area contributed by atoms with Crippen molar-refractivity contribution in [1.29, 1.82) is 0 Å². The van der Waals surface area contributed by atoms with Crippen molar-refractivity contribution in [2.45, 2.75) is 13.3 Å². The maximum absolute atomic E-state index is 10.8. The first-order valence-corrected chi connectivity index (χ1v) is 6.37. The van der Waals surface area contributed by atoms with Crippen LogP contribution in [0.15, 0.2) is 30.5 Å². The average molecular weight is 296 g/mol. The van der Waals surface area contributed by atoms with E-state index < -0.39 is 5.97 Å². The summed E-state index contributed by atoms with van der Waals surface area (Å²) >= 11 is 12.3.